The first-order valence-electron chi connectivity index (χ1n) is 17.5. The van der Waals surface area contributed by atoms with Gasteiger partial charge in [-0.15, -0.1) is 0 Å². The van der Waals surface area contributed by atoms with Crippen molar-refractivity contribution in [1.82, 2.24) is 0 Å². The van der Waals surface area contributed by atoms with Crippen molar-refractivity contribution >= 4 is 17.1 Å². The number of nitrogens with zero attached hydrogens (tertiary/aromatic N) is 1. The minimum atomic E-state index is -0.215. The summed E-state index contributed by atoms with van der Waals surface area (Å²) in [4.78, 5) is 2.47. The largest absolute Gasteiger partial charge is 0.457 e. The van der Waals surface area contributed by atoms with Crippen LogP contribution in [0.4, 0.5) is 17.1 Å². The van der Waals surface area contributed by atoms with Crippen molar-refractivity contribution < 1.29 is 4.74 Å². The highest BCUT2D eigenvalue weighted by Crippen LogP contribution is 2.54. The molecule has 2 aliphatic heterocycles. The Balaban J connectivity index is 1.22. The Morgan fingerprint density at radius 2 is 0.860 bits per heavy atom. The van der Waals surface area contributed by atoms with E-state index in [0.29, 0.717) is 0 Å². The Morgan fingerprint density at radius 1 is 0.360 bits per heavy atom. The monoisotopic (exact) mass is 645 g/mol. The van der Waals surface area contributed by atoms with Crippen LogP contribution in [0.1, 0.15) is 49.9 Å². The van der Waals surface area contributed by atoms with Crippen molar-refractivity contribution in [2.75, 3.05) is 4.90 Å². The quantitative estimate of drug-likeness (QED) is 0.189. The molecule has 0 atom stereocenters. The highest BCUT2D eigenvalue weighted by Gasteiger charge is 2.38. The van der Waals surface area contributed by atoms with E-state index in [-0.39, 0.29) is 10.8 Å². The molecule has 0 bridgehead atoms. The minimum Gasteiger partial charge on any atom is -0.457 e. The van der Waals surface area contributed by atoms with Gasteiger partial charge in [-0.05, 0) is 99.1 Å². The fraction of sp³-hybridized carbons (Fsp3) is 0.125. The van der Waals surface area contributed by atoms with Crippen LogP contribution in [0.5, 0.6) is 11.5 Å². The topological polar surface area (TPSA) is 12.5 Å². The lowest BCUT2D eigenvalue weighted by Gasteiger charge is -2.42. The molecule has 0 spiro atoms. The highest BCUT2D eigenvalue weighted by molar-refractivity contribution is 5.91. The summed E-state index contributed by atoms with van der Waals surface area (Å²) >= 11 is 0. The third-order valence-electron chi connectivity index (χ3n) is 10.9. The van der Waals surface area contributed by atoms with E-state index in [0.717, 1.165) is 17.2 Å². The molecule has 0 saturated carbocycles. The lowest BCUT2D eigenvalue weighted by Crippen LogP contribution is -2.30. The molecular weight excluding hydrogens is 607 g/mol. The van der Waals surface area contributed by atoms with E-state index in [9.17, 15) is 0 Å². The fourth-order valence-corrected chi connectivity index (χ4v) is 8.12. The summed E-state index contributed by atoms with van der Waals surface area (Å²) in [6.45, 7) is 9.33. The lowest BCUT2D eigenvalue weighted by atomic mass is 9.72. The van der Waals surface area contributed by atoms with Gasteiger partial charge in [-0.25, -0.2) is 0 Å². The number of rotatable bonds is 4. The third-order valence-corrected chi connectivity index (χ3v) is 10.9. The molecule has 50 heavy (non-hydrogen) atoms. The van der Waals surface area contributed by atoms with E-state index in [1.807, 2.05) is 6.07 Å². The predicted octanol–water partition coefficient (Wildman–Crippen LogP) is 13.2. The first-order chi connectivity index (χ1) is 24.3. The molecule has 0 unspecified atom stereocenters. The number of ether oxygens (including phenoxy) is 1. The highest BCUT2D eigenvalue weighted by atomic mass is 16.5. The standard InChI is InChI=1S/C48H39NO/c1-47(2)39-19-11-13-21-43(39)49(38-28-36(32-15-7-5-8-16-32)27-37(29-38)33-17-9-6-10-18-33)44-25-23-34(30-41(44)47)35-24-26-46-42(31-35)48(3,4)40-20-12-14-22-45(40)50-46/h5-31H,1-4H3. The van der Waals surface area contributed by atoms with Crippen LogP contribution in [-0.4, -0.2) is 0 Å². The Bertz CT molecular complexity index is 2350. The molecule has 0 radical (unpaired) electrons. The summed E-state index contributed by atoms with van der Waals surface area (Å²) in [6.07, 6.45) is 0. The van der Waals surface area contributed by atoms with Gasteiger partial charge < -0.3 is 9.64 Å². The van der Waals surface area contributed by atoms with Gasteiger partial charge in [-0.2, -0.15) is 0 Å². The molecular formula is C48H39NO. The normalized spacial score (nSPS) is 14.8. The van der Waals surface area contributed by atoms with Crippen molar-refractivity contribution in [2.45, 2.75) is 38.5 Å². The Morgan fingerprint density at radius 3 is 1.54 bits per heavy atom. The Labute approximate surface area is 295 Å². The van der Waals surface area contributed by atoms with E-state index >= 15 is 0 Å². The molecule has 7 aromatic rings. The average Bonchev–Trinajstić information content (AvgIpc) is 3.15. The number of hydrogen-bond acceptors (Lipinski definition) is 2. The summed E-state index contributed by atoms with van der Waals surface area (Å²) in [5, 5.41) is 0. The number of hydrogen-bond donors (Lipinski definition) is 0. The maximum Gasteiger partial charge on any atom is 0.131 e. The average molecular weight is 646 g/mol. The summed E-state index contributed by atoms with van der Waals surface area (Å²) in [5.74, 6) is 1.88. The van der Waals surface area contributed by atoms with Gasteiger partial charge in [0.1, 0.15) is 11.5 Å². The second-order valence-electron chi connectivity index (χ2n) is 14.6. The van der Waals surface area contributed by atoms with Crippen LogP contribution >= 0.6 is 0 Å². The Hall–Kier alpha value is -5.86. The maximum absolute atomic E-state index is 6.41. The van der Waals surface area contributed by atoms with Crippen LogP contribution in [0.2, 0.25) is 0 Å². The zero-order valence-corrected chi connectivity index (χ0v) is 28.9. The molecule has 0 aliphatic carbocycles. The van der Waals surface area contributed by atoms with Gasteiger partial charge in [0.05, 0.1) is 11.4 Å². The van der Waals surface area contributed by atoms with Gasteiger partial charge in [-0.3, -0.25) is 0 Å². The Kier molecular flexibility index (Phi) is 6.86. The van der Waals surface area contributed by atoms with Gasteiger partial charge in [0.15, 0.2) is 0 Å². The summed E-state index contributed by atoms with van der Waals surface area (Å²) in [6, 6.07) is 59.5. The van der Waals surface area contributed by atoms with Crippen molar-refractivity contribution in [3.8, 4) is 44.9 Å². The van der Waals surface area contributed by atoms with Gasteiger partial charge in [0.2, 0.25) is 0 Å². The minimum absolute atomic E-state index is 0.177. The van der Waals surface area contributed by atoms with Crippen molar-refractivity contribution in [3.05, 3.63) is 186 Å². The number of para-hydroxylation sites is 2. The number of fused-ring (bicyclic) bond motifs is 4. The fourth-order valence-electron chi connectivity index (χ4n) is 8.12. The molecule has 0 fully saturated rings. The van der Waals surface area contributed by atoms with Crippen LogP contribution in [-0.2, 0) is 10.8 Å². The van der Waals surface area contributed by atoms with Gasteiger partial charge in [0.25, 0.3) is 0 Å². The summed E-state index contributed by atoms with van der Waals surface area (Å²) in [7, 11) is 0. The zero-order valence-electron chi connectivity index (χ0n) is 28.9. The second kappa shape index (κ2) is 11.4. The first-order valence-corrected chi connectivity index (χ1v) is 17.5. The van der Waals surface area contributed by atoms with E-state index in [1.54, 1.807) is 0 Å². The van der Waals surface area contributed by atoms with Crippen LogP contribution in [0, 0.1) is 0 Å². The lowest BCUT2D eigenvalue weighted by molar-refractivity contribution is 0.418. The first kappa shape index (κ1) is 30.2. The number of anilines is 3. The molecule has 0 amide bonds. The predicted molar refractivity (Wildman–Crippen MR) is 208 cm³/mol. The molecule has 0 N–H and O–H groups in total. The molecule has 2 heterocycles. The molecule has 7 aromatic carbocycles. The van der Waals surface area contributed by atoms with E-state index in [2.05, 4.69) is 190 Å². The van der Waals surface area contributed by atoms with E-state index in [4.69, 9.17) is 4.74 Å². The molecule has 0 aromatic heterocycles. The van der Waals surface area contributed by atoms with Crippen LogP contribution in [0.3, 0.4) is 0 Å². The molecule has 9 rings (SSSR count). The second-order valence-corrected chi connectivity index (χ2v) is 14.6. The summed E-state index contributed by atoms with van der Waals surface area (Å²) in [5.41, 5.74) is 15.4. The molecule has 2 heteroatoms. The zero-order chi connectivity index (χ0) is 34.0. The van der Waals surface area contributed by atoms with E-state index < -0.39 is 0 Å². The van der Waals surface area contributed by atoms with Crippen molar-refractivity contribution in [3.63, 3.8) is 0 Å². The van der Waals surface area contributed by atoms with Crippen LogP contribution in [0.25, 0.3) is 33.4 Å². The van der Waals surface area contributed by atoms with Crippen LogP contribution in [0.15, 0.2) is 164 Å². The molecule has 0 saturated heterocycles. The molecule has 2 aliphatic rings. The van der Waals surface area contributed by atoms with Crippen molar-refractivity contribution in [2.24, 2.45) is 0 Å². The third kappa shape index (κ3) is 4.78. The van der Waals surface area contributed by atoms with Crippen LogP contribution < -0.4 is 9.64 Å². The number of benzene rings is 7. The SMILES string of the molecule is CC1(C)c2ccccc2Oc2ccc(-c3ccc4c(c3)C(C)(C)c3ccccc3N4c3cc(-c4ccccc4)cc(-c4ccccc4)c3)cc21. The molecule has 2 nitrogen and oxygen atoms in total. The van der Waals surface area contributed by atoms with Gasteiger partial charge >= 0.3 is 0 Å². The smallest absolute Gasteiger partial charge is 0.131 e. The molecule has 242 valence electrons. The van der Waals surface area contributed by atoms with Gasteiger partial charge in [-0.1, -0.05) is 137 Å². The summed E-state index contributed by atoms with van der Waals surface area (Å²) < 4.78 is 6.41. The maximum atomic E-state index is 6.41. The van der Waals surface area contributed by atoms with Gasteiger partial charge in [0, 0.05) is 27.6 Å². The van der Waals surface area contributed by atoms with E-state index in [1.165, 1.54) is 67.0 Å². The van der Waals surface area contributed by atoms with Crippen molar-refractivity contribution in [1.29, 1.82) is 0 Å².